The van der Waals surface area contributed by atoms with E-state index in [1.54, 1.807) is 0 Å². The van der Waals surface area contributed by atoms with E-state index in [1.807, 2.05) is 0 Å². The largest absolute Gasteiger partial charge is 0.348 e. The number of nitrogens with zero attached hydrogens (tertiary/aromatic N) is 3. The molecule has 1 unspecified atom stereocenters. The lowest BCUT2D eigenvalue weighted by Gasteiger charge is -2.11. The minimum Gasteiger partial charge on any atom is -0.348 e. The minimum absolute atomic E-state index is 0.00908. The van der Waals surface area contributed by atoms with Crippen LogP contribution in [-0.2, 0) is 11.2 Å². The third kappa shape index (κ3) is 2.97. The van der Waals surface area contributed by atoms with E-state index >= 15 is 0 Å². The molecule has 3 aromatic rings. The fraction of sp³-hybridized carbons (Fsp3) is 0.263. The Labute approximate surface area is 156 Å². The van der Waals surface area contributed by atoms with Gasteiger partial charge in [-0.1, -0.05) is 35.8 Å². The maximum atomic E-state index is 13.2. The van der Waals surface area contributed by atoms with Crippen LogP contribution in [0, 0.1) is 13.8 Å². The molecule has 4 nitrogen and oxygen atoms in total. The summed E-state index contributed by atoms with van der Waals surface area (Å²) in [7, 11) is 0. The lowest BCUT2D eigenvalue weighted by atomic mass is 10.1. The van der Waals surface area contributed by atoms with Gasteiger partial charge in [-0.25, -0.2) is 4.98 Å². The predicted octanol–water partition coefficient (Wildman–Crippen LogP) is 3.25. The molecule has 23 heavy (non-hydrogen) atoms. The standard InChI is InChI=1S/C19H21N3O/c1-13-5-8-15(9-6-13)19-16(11-18(23)21(3)4)22-12-14(2)7-10-17(22)20-19/h5-10,12H,11H2,1-4H3/i3D3,4D3,5D,6D,7D,8D,9D,10D,11D,12D. The Kier molecular flexibility index (Phi) is 1.48. The van der Waals surface area contributed by atoms with E-state index in [0.29, 0.717) is 0 Å². The molecule has 4 heteroatoms. The zero-order valence-corrected chi connectivity index (χ0v) is 12.3. The maximum Gasteiger partial charge on any atom is 0.228 e. The van der Waals surface area contributed by atoms with Crippen LogP contribution in [0.4, 0.5) is 0 Å². The van der Waals surface area contributed by atoms with Crippen molar-refractivity contribution in [3.05, 3.63) is 59.2 Å². The van der Waals surface area contributed by atoms with Gasteiger partial charge in [-0.15, -0.1) is 0 Å². The number of carbonyl (C=O) groups excluding carboxylic acids is 1. The van der Waals surface area contributed by atoms with E-state index < -0.39 is 96.2 Å². The highest BCUT2D eigenvalue weighted by atomic mass is 16.2. The molecule has 0 saturated carbocycles. The first-order valence-corrected chi connectivity index (χ1v) is 6.57. The second-order valence-corrected chi connectivity index (χ2v) is 4.81. The van der Waals surface area contributed by atoms with Crippen molar-refractivity contribution in [1.82, 2.24) is 14.3 Å². The average molecular weight is 321 g/mol. The van der Waals surface area contributed by atoms with Crippen LogP contribution in [0.25, 0.3) is 16.9 Å². The van der Waals surface area contributed by atoms with Gasteiger partial charge >= 0.3 is 0 Å². The summed E-state index contributed by atoms with van der Waals surface area (Å²) in [6, 6.07) is -3.13. The summed E-state index contributed by atoms with van der Waals surface area (Å²) in [5, 5.41) is 0. The normalized spacial score (nSPS) is 22.2. The van der Waals surface area contributed by atoms with Crippen LogP contribution < -0.4 is 0 Å². The number of rotatable bonds is 3. The quantitative estimate of drug-likeness (QED) is 0.742. The van der Waals surface area contributed by atoms with Crippen molar-refractivity contribution in [2.75, 3.05) is 14.0 Å². The predicted molar refractivity (Wildman–Crippen MR) is 92.5 cm³/mol. The van der Waals surface area contributed by atoms with Gasteiger partial charge in [-0.3, -0.25) is 4.79 Å². The van der Waals surface area contributed by atoms with Gasteiger partial charge in [-0.2, -0.15) is 0 Å². The summed E-state index contributed by atoms with van der Waals surface area (Å²) in [6.45, 7) is -4.34. The average Bonchev–Trinajstić information content (AvgIpc) is 3.16. The van der Waals surface area contributed by atoms with E-state index in [2.05, 4.69) is 4.98 Å². The van der Waals surface area contributed by atoms with Crippen LogP contribution in [0.3, 0.4) is 0 Å². The molecule has 1 atom stereocenters. The Morgan fingerprint density at radius 3 is 2.61 bits per heavy atom. The monoisotopic (exact) mass is 321 g/mol. The molecule has 1 amide bonds. The smallest absolute Gasteiger partial charge is 0.228 e. The molecule has 2 aromatic heterocycles. The molecule has 118 valence electrons. The molecule has 0 fully saturated rings. The molecule has 0 bridgehead atoms. The second-order valence-electron chi connectivity index (χ2n) is 4.81. The number of hydrogen-bond donors (Lipinski definition) is 0. The summed E-state index contributed by atoms with van der Waals surface area (Å²) < 4.78 is 113. The van der Waals surface area contributed by atoms with Crippen LogP contribution in [0.2, 0.25) is 0 Å². The first-order valence-electron chi connectivity index (χ1n) is 13.6. The molecule has 1 aromatic carbocycles. The number of fused-ring (bicyclic) bond motifs is 1. The minimum atomic E-state index is -3.50. The molecule has 0 saturated heterocycles. The van der Waals surface area contributed by atoms with Crippen molar-refractivity contribution in [3.63, 3.8) is 0 Å². The SMILES string of the molecule is [2H]c1c([2H])c(-c2nc3c([2H])c([2H])c(C)c([2H])n3c2C([2H])C(=O)N(C([2H])([2H])[2H])C([2H])([2H])[2H])c([2H])c([2H])c1C. The van der Waals surface area contributed by atoms with E-state index in [0.717, 1.165) is 4.40 Å². The summed E-state index contributed by atoms with van der Waals surface area (Å²) in [4.78, 5) is 16.9. The van der Waals surface area contributed by atoms with E-state index in [9.17, 15) is 4.79 Å². The van der Waals surface area contributed by atoms with Crippen LogP contribution in [0.1, 0.15) is 36.0 Å². The number of imidazole rings is 1. The zero-order chi connectivity index (χ0) is 28.5. The van der Waals surface area contributed by atoms with Crippen molar-refractivity contribution in [2.45, 2.75) is 20.2 Å². The van der Waals surface area contributed by atoms with Crippen LogP contribution >= 0.6 is 0 Å². The molecule has 0 aliphatic rings. The lowest BCUT2D eigenvalue weighted by molar-refractivity contribution is -0.128. The Hall–Kier alpha value is -2.62. The second kappa shape index (κ2) is 5.88. The fourth-order valence-corrected chi connectivity index (χ4v) is 1.97. The number of benzene rings is 1. The summed E-state index contributed by atoms with van der Waals surface area (Å²) in [6.07, 6.45) is -2.92. The van der Waals surface area contributed by atoms with Crippen molar-refractivity contribution in [2.24, 2.45) is 0 Å². The molecule has 3 rings (SSSR count). The van der Waals surface area contributed by atoms with E-state index in [1.165, 1.54) is 13.8 Å². The highest BCUT2D eigenvalue weighted by Crippen LogP contribution is 2.26. The third-order valence-electron chi connectivity index (χ3n) is 3.02. The van der Waals surface area contributed by atoms with Crippen LogP contribution in [0.5, 0.6) is 0 Å². The van der Waals surface area contributed by atoms with Crippen molar-refractivity contribution >= 4 is 11.6 Å². The Balaban J connectivity index is 2.53. The van der Waals surface area contributed by atoms with Gasteiger partial charge in [-0.05, 0) is 25.5 Å². The van der Waals surface area contributed by atoms with Crippen LogP contribution in [-0.4, -0.2) is 34.1 Å². The molecule has 2 heterocycles. The molecule has 0 aliphatic heterocycles. The van der Waals surface area contributed by atoms with Gasteiger partial charge in [0.1, 0.15) is 5.65 Å². The highest BCUT2D eigenvalue weighted by molar-refractivity contribution is 5.81. The van der Waals surface area contributed by atoms with E-state index in [-0.39, 0.29) is 11.1 Å². The number of likely N-dealkylation sites (N-methyl/N-ethyl adjacent to an activating group) is 1. The molecule has 0 aliphatic carbocycles. The zero-order valence-electron chi connectivity index (χ0n) is 26.3. The summed E-state index contributed by atoms with van der Waals surface area (Å²) in [5.41, 5.74) is -2.21. The number of aromatic nitrogens is 2. The van der Waals surface area contributed by atoms with Crippen LogP contribution in [0.15, 0.2) is 42.4 Å². The van der Waals surface area contributed by atoms with Gasteiger partial charge in [0.2, 0.25) is 5.91 Å². The number of carbonyl (C=O) groups is 1. The summed E-state index contributed by atoms with van der Waals surface area (Å²) in [5.74, 6) is -1.73. The number of amides is 1. The Bertz CT molecular complexity index is 1400. The third-order valence-corrected chi connectivity index (χ3v) is 3.02. The summed E-state index contributed by atoms with van der Waals surface area (Å²) >= 11 is 0. The molecular formula is C19H21N3O. The number of hydrogen-bond acceptors (Lipinski definition) is 2. The molecule has 0 radical (unpaired) electrons. The number of pyridine rings is 1. The molecule has 0 spiro atoms. The van der Waals surface area contributed by atoms with E-state index in [4.69, 9.17) is 19.2 Å². The van der Waals surface area contributed by atoms with Gasteiger partial charge < -0.3 is 9.30 Å². The fourth-order valence-electron chi connectivity index (χ4n) is 1.97. The first-order chi connectivity index (χ1) is 16.7. The van der Waals surface area contributed by atoms with Gasteiger partial charge in [0, 0.05) is 35.3 Å². The highest BCUT2D eigenvalue weighted by Gasteiger charge is 2.18. The van der Waals surface area contributed by atoms with Gasteiger partial charge in [0.05, 0.1) is 27.4 Å². The van der Waals surface area contributed by atoms with Crippen molar-refractivity contribution < 1.29 is 24.0 Å². The topological polar surface area (TPSA) is 37.6 Å². The van der Waals surface area contributed by atoms with Crippen molar-refractivity contribution in [1.29, 1.82) is 0 Å². The molecule has 0 N–H and O–H groups in total. The maximum absolute atomic E-state index is 13.2. The Morgan fingerprint density at radius 2 is 1.91 bits per heavy atom. The lowest BCUT2D eigenvalue weighted by Crippen LogP contribution is -2.24. The van der Waals surface area contributed by atoms with Gasteiger partial charge in [0.15, 0.2) is 0 Å². The van der Waals surface area contributed by atoms with Crippen molar-refractivity contribution in [3.8, 4) is 11.3 Å². The Morgan fingerprint density at radius 1 is 1.22 bits per heavy atom. The van der Waals surface area contributed by atoms with Gasteiger partial charge in [0.25, 0.3) is 0 Å². The molecular weight excluding hydrogens is 286 g/mol. The first kappa shape index (κ1) is 5.78.